The maximum Gasteiger partial charge on any atom is 0.264 e. The van der Waals surface area contributed by atoms with E-state index in [1.165, 1.54) is 11.8 Å². The molecule has 1 N–H and O–H groups in total. The lowest BCUT2D eigenvalue weighted by Crippen LogP contribution is -2.19. The summed E-state index contributed by atoms with van der Waals surface area (Å²) in [6.07, 6.45) is 1.79. The second-order valence-corrected chi connectivity index (χ2v) is 9.30. The summed E-state index contributed by atoms with van der Waals surface area (Å²) >= 11 is 16.7. The highest BCUT2D eigenvalue weighted by atomic mass is 79.9. The van der Waals surface area contributed by atoms with Gasteiger partial charge >= 0.3 is 0 Å². The molecular formula is C23H15BrCl2N2O2S. The van der Waals surface area contributed by atoms with Crippen LogP contribution in [0.5, 0.6) is 5.75 Å². The topological polar surface area (TPSA) is 50.7 Å². The number of thioether (sulfide) groups is 1. The number of ether oxygens (including phenoxy) is 1. The highest BCUT2D eigenvalue weighted by Gasteiger charge is 2.24. The van der Waals surface area contributed by atoms with Crippen molar-refractivity contribution in [3.63, 3.8) is 0 Å². The van der Waals surface area contributed by atoms with Gasteiger partial charge in [-0.25, -0.2) is 4.99 Å². The molecule has 0 aromatic heterocycles. The van der Waals surface area contributed by atoms with E-state index in [4.69, 9.17) is 27.9 Å². The van der Waals surface area contributed by atoms with E-state index in [9.17, 15) is 4.79 Å². The van der Waals surface area contributed by atoms with Crippen molar-refractivity contribution in [1.29, 1.82) is 0 Å². The molecule has 8 heteroatoms. The van der Waals surface area contributed by atoms with Gasteiger partial charge in [0.2, 0.25) is 0 Å². The Kier molecular flexibility index (Phi) is 7.02. The number of carbonyl (C=O) groups is 1. The lowest BCUT2D eigenvalue weighted by molar-refractivity contribution is -0.115. The van der Waals surface area contributed by atoms with Crippen molar-refractivity contribution in [3.8, 4) is 5.75 Å². The standard InChI is InChI=1S/C23H15BrCl2N2O2S/c24-16-6-9-20(30-13-14-4-2-1-3-5-14)15(10-16)11-21-22(29)28-23(31-21)27-17-7-8-18(25)19(26)12-17/h1-12H,13H2,(H,27,28,29)/b21-11+. The van der Waals surface area contributed by atoms with Crippen molar-refractivity contribution in [2.75, 3.05) is 0 Å². The Labute approximate surface area is 202 Å². The number of hydrogen-bond donors (Lipinski definition) is 1. The first-order valence-electron chi connectivity index (χ1n) is 9.19. The zero-order chi connectivity index (χ0) is 21.8. The number of nitrogens with one attached hydrogen (secondary N) is 1. The summed E-state index contributed by atoms with van der Waals surface area (Å²) in [5.74, 6) is 0.459. The van der Waals surface area contributed by atoms with E-state index in [-0.39, 0.29) is 5.91 Å². The van der Waals surface area contributed by atoms with Crippen LogP contribution in [0.15, 0.2) is 81.1 Å². The van der Waals surface area contributed by atoms with E-state index in [0.29, 0.717) is 38.2 Å². The van der Waals surface area contributed by atoms with E-state index in [0.717, 1.165) is 15.6 Å². The molecule has 1 aliphatic heterocycles. The molecule has 1 heterocycles. The quantitative estimate of drug-likeness (QED) is 0.352. The zero-order valence-electron chi connectivity index (χ0n) is 15.9. The summed E-state index contributed by atoms with van der Waals surface area (Å²) < 4.78 is 6.90. The van der Waals surface area contributed by atoms with Gasteiger partial charge in [0.15, 0.2) is 5.17 Å². The van der Waals surface area contributed by atoms with Gasteiger partial charge in [-0.1, -0.05) is 69.5 Å². The maximum absolute atomic E-state index is 12.5. The Balaban J connectivity index is 1.56. The van der Waals surface area contributed by atoms with Crippen LogP contribution >= 0.6 is 50.9 Å². The van der Waals surface area contributed by atoms with Gasteiger partial charge < -0.3 is 10.1 Å². The van der Waals surface area contributed by atoms with Crippen molar-refractivity contribution >= 4 is 73.7 Å². The van der Waals surface area contributed by atoms with E-state index in [2.05, 4.69) is 26.2 Å². The van der Waals surface area contributed by atoms with Crippen LogP contribution in [0.4, 0.5) is 5.69 Å². The molecule has 1 aliphatic rings. The molecule has 0 saturated carbocycles. The first-order valence-corrected chi connectivity index (χ1v) is 11.6. The number of halogens is 3. The van der Waals surface area contributed by atoms with Crippen molar-refractivity contribution < 1.29 is 9.53 Å². The number of carbonyl (C=O) groups excluding carboxylic acids is 1. The number of hydrogen-bond acceptors (Lipinski definition) is 4. The monoisotopic (exact) mass is 532 g/mol. The van der Waals surface area contributed by atoms with Gasteiger partial charge in [-0.2, -0.15) is 0 Å². The molecule has 156 valence electrons. The molecule has 0 atom stereocenters. The molecule has 1 amide bonds. The predicted octanol–water partition coefficient (Wildman–Crippen LogP) is 7.23. The molecule has 0 aliphatic carbocycles. The Morgan fingerprint density at radius 1 is 1.03 bits per heavy atom. The van der Waals surface area contributed by atoms with E-state index in [1.807, 2.05) is 48.5 Å². The Bertz CT molecular complexity index is 1200. The van der Waals surface area contributed by atoms with Gasteiger partial charge in [0.25, 0.3) is 5.91 Å². The first-order chi connectivity index (χ1) is 15.0. The minimum atomic E-state index is -0.224. The number of aliphatic imine (C=N–C) groups is 1. The van der Waals surface area contributed by atoms with Gasteiger partial charge in [0.1, 0.15) is 12.4 Å². The highest BCUT2D eigenvalue weighted by molar-refractivity contribution is 9.10. The molecule has 0 spiro atoms. The zero-order valence-corrected chi connectivity index (χ0v) is 19.9. The molecule has 4 rings (SSSR count). The lowest BCUT2D eigenvalue weighted by atomic mass is 10.2. The third kappa shape index (κ3) is 5.71. The lowest BCUT2D eigenvalue weighted by Gasteiger charge is -2.10. The van der Waals surface area contributed by atoms with E-state index < -0.39 is 0 Å². The summed E-state index contributed by atoms with van der Waals surface area (Å²) in [7, 11) is 0. The van der Waals surface area contributed by atoms with Crippen molar-refractivity contribution in [2.45, 2.75) is 6.61 Å². The summed E-state index contributed by atoms with van der Waals surface area (Å²) in [5.41, 5.74) is 2.46. The molecule has 1 saturated heterocycles. The summed E-state index contributed by atoms with van der Waals surface area (Å²) in [6, 6.07) is 20.7. The van der Waals surface area contributed by atoms with Crippen LogP contribution in [0.3, 0.4) is 0 Å². The molecule has 0 unspecified atom stereocenters. The second-order valence-electron chi connectivity index (χ2n) is 6.54. The molecule has 4 nitrogen and oxygen atoms in total. The predicted molar refractivity (Wildman–Crippen MR) is 132 cm³/mol. The third-order valence-electron chi connectivity index (χ3n) is 4.28. The van der Waals surface area contributed by atoms with Crippen LogP contribution in [0.25, 0.3) is 6.08 Å². The number of amides is 1. The van der Waals surface area contributed by atoms with Gasteiger partial charge in [-0.15, -0.1) is 0 Å². The minimum absolute atomic E-state index is 0.224. The molecule has 3 aromatic rings. The SMILES string of the molecule is O=C1NC(=Nc2ccc(Cl)c(Cl)c2)S/C1=C/c1cc(Br)ccc1OCc1ccccc1. The number of nitrogens with zero attached hydrogens (tertiary/aromatic N) is 1. The van der Waals surface area contributed by atoms with Crippen molar-refractivity contribution in [1.82, 2.24) is 5.32 Å². The van der Waals surface area contributed by atoms with Crippen molar-refractivity contribution in [3.05, 3.63) is 97.3 Å². The largest absolute Gasteiger partial charge is 0.488 e. The Morgan fingerprint density at radius 2 is 1.84 bits per heavy atom. The summed E-state index contributed by atoms with van der Waals surface area (Å²) in [4.78, 5) is 17.5. The van der Waals surface area contributed by atoms with Crippen LogP contribution < -0.4 is 10.1 Å². The maximum atomic E-state index is 12.5. The van der Waals surface area contributed by atoms with Crippen molar-refractivity contribution in [2.24, 2.45) is 4.99 Å². The van der Waals surface area contributed by atoms with Crippen LogP contribution in [0.1, 0.15) is 11.1 Å². The molecule has 1 fully saturated rings. The highest BCUT2D eigenvalue weighted by Crippen LogP contribution is 2.33. The fourth-order valence-corrected chi connectivity index (χ4v) is 4.30. The summed E-state index contributed by atoms with van der Waals surface area (Å²) in [5, 5.41) is 4.10. The number of amidine groups is 1. The first kappa shape index (κ1) is 22.0. The van der Waals surface area contributed by atoms with E-state index >= 15 is 0 Å². The van der Waals surface area contributed by atoms with Crippen LogP contribution in [-0.4, -0.2) is 11.1 Å². The average molecular weight is 534 g/mol. The molecule has 0 bridgehead atoms. The second kappa shape index (κ2) is 9.92. The van der Waals surface area contributed by atoms with Crippen LogP contribution in [0.2, 0.25) is 10.0 Å². The summed E-state index contributed by atoms with van der Waals surface area (Å²) in [6.45, 7) is 0.433. The van der Waals surface area contributed by atoms with Gasteiger partial charge in [-0.3, -0.25) is 4.79 Å². The normalized spacial score (nSPS) is 16.0. The van der Waals surface area contributed by atoms with E-state index in [1.54, 1.807) is 24.3 Å². The Morgan fingerprint density at radius 3 is 2.61 bits per heavy atom. The van der Waals surface area contributed by atoms with Gasteiger partial charge in [0, 0.05) is 10.0 Å². The molecule has 0 radical (unpaired) electrons. The van der Waals surface area contributed by atoms with Crippen LogP contribution in [0, 0.1) is 0 Å². The number of benzene rings is 3. The molecule has 3 aromatic carbocycles. The average Bonchev–Trinajstić information content (AvgIpc) is 3.09. The Hall–Kier alpha value is -2.25. The molecular weight excluding hydrogens is 519 g/mol. The van der Waals surface area contributed by atoms with Gasteiger partial charge in [-0.05, 0) is 59.8 Å². The van der Waals surface area contributed by atoms with Crippen LogP contribution in [-0.2, 0) is 11.4 Å². The third-order valence-corrected chi connectivity index (χ3v) is 6.42. The fraction of sp³-hybridized carbons (Fsp3) is 0.0435. The smallest absolute Gasteiger partial charge is 0.264 e. The fourth-order valence-electron chi connectivity index (χ4n) is 2.79. The van der Waals surface area contributed by atoms with Gasteiger partial charge in [0.05, 0.1) is 20.6 Å². The molecule has 31 heavy (non-hydrogen) atoms. The number of rotatable bonds is 5. The minimum Gasteiger partial charge on any atom is -0.488 e.